The van der Waals surface area contributed by atoms with Crippen LogP contribution in [0.3, 0.4) is 0 Å². The van der Waals surface area contributed by atoms with Crippen molar-refractivity contribution in [1.29, 1.82) is 0 Å². The SMILES string of the molecule is O=C(O)c1ccc([O-])cc1Cc1ccccc1.O=C(O)c1ccc([O-])cc1Cc1ccccc1.[Zn+2]. The van der Waals surface area contributed by atoms with Crippen molar-refractivity contribution >= 4 is 11.9 Å². The fraction of sp³-hybridized carbons (Fsp3) is 0.0714. The van der Waals surface area contributed by atoms with E-state index in [1.54, 1.807) is 0 Å². The van der Waals surface area contributed by atoms with E-state index in [0.29, 0.717) is 24.0 Å². The van der Waals surface area contributed by atoms with E-state index >= 15 is 0 Å². The van der Waals surface area contributed by atoms with E-state index in [9.17, 15) is 19.8 Å². The molecule has 0 heterocycles. The van der Waals surface area contributed by atoms with Crippen LogP contribution in [0.1, 0.15) is 43.0 Å². The molecule has 4 aromatic rings. The Morgan fingerprint density at radius 1 is 0.571 bits per heavy atom. The Hall–Kier alpha value is -3.96. The van der Waals surface area contributed by atoms with Crippen LogP contribution >= 0.6 is 0 Å². The van der Waals surface area contributed by atoms with E-state index < -0.39 is 11.9 Å². The zero-order valence-corrected chi connectivity index (χ0v) is 21.9. The number of rotatable bonds is 6. The van der Waals surface area contributed by atoms with E-state index in [2.05, 4.69) is 0 Å². The third-order valence-electron chi connectivity index (χ3n) is 5.09. The van der Waals surface area contributed by atoms with E-state index in [4.69, 9.17) is 10.2 Å². The summed E-state index contributed by atoms with van der Waals surface area (Å²) in [4.78, 5) is 22.0. The smallest absolute Gasteiger partial charge is 0.872 e. The predicted octanol–water partition coefficient (Wildman–Crippen LogP) is 4.10. The molecule has 0 amide bonds. The van der Waals surface area contributed by atoms with Gasteiger partial charge in [0.1, 0.15) is 0 Å². The average molecular weight is 520 g/mol. The van der Waals surface area contributed by atoms with Gasteiger partial charge in [-0.15, -0.1) is 11.5 Å². The second-order valence-corrected chi connectivity index (χ2v) is 7.57. The maximum atomic E-state index is 11.3. The maximum absolute atomic E-state index is 11.3. The largest absolute Gasteiger partial charge is 2.00 e. The number of carboxylic acids is 2. The Bertz CT molecular complexity index is 1170. The van der Waals surface area contributed by atoms with E-state index in [1.165, 1.54) is 36.4 Å². The van der Waals surface area contributed by atoms with Gasteiger partial charge in [-0.05, 0) is 47.2 Å². The zero-order valence-electron chi connectivity index (χ0n) is 18.9. The van der Waals surface area contributed by atoms with Gasteiger partial charge in [-0.1, -0.05) is 84.9 Å². The van der Waals surface area contributed by atoms with E-state index in [-0.39, 0.29) is 42.1 Å². The molecule has 0 aliphatic heterocycles. The summed E-state index contributed by atoms with van der Waals surface area (Å²) in [5.41, 5.74) is 3.45. The topological polar surface area (TPSA) is 121 Å². The van der Waals surface area contributed by atoms with Crippen LogP contribution < -0.4 is 10.2 Å². The summed E-state index contributed by atoms with van der Waals surface area (Å²) in [6.07, 6.45) is 0.914. The predicted molar refractivity (Wildman–Crippen MR) is 124 cm³/mol. The third-order valence-corrected chi connectivity index (χ3v) is 5.09. The zero-order chi connectivity index (χ0) is 24.5. The summed E-state index contributed by atoms with van der Waals surface area (Å²) >= 11 is 0. The summed E-state index contributed by atoms with van der Waals surface area (Å²) < 4.78 is 0. The molecule has 0 aliphatic carbocycles. The maximum Gasteiger partial charge on any atom is 2.00 e. The Balaban J connectivity index is 0.000000240. The molecule has 0 atom stereocenters. The first-order valence-electron chi connectivity index (χ1n) is 10.5. The Labute approximate surface area is 215 Å². The van der Waals surface area contributed by atoms with Gasteiger partial charge in [-0.3, -0.25) is 0 Å². The average Bonchev–Trinajstić information content (AvgIpc) is 2.80. The van der Waals surface area contributed by atoms with Crippen molar-refractivity contribution < 1.29 is 49.5 Å². The molecule has 0 saturated heterocycles. The Morgan fingerprint density at radius 2 is 0.914 bits per heavy atom. The van der Waals surface area contributed by atoms with Gasteiger partial charge in [0, 0.05) is 0 Å². The summed E-state index contributed by atoms with van der Waals surface area (Å²) in [5, 5.41) is 40.6. The standard InChI is InChI=1S/2C14H12O3.Zn/c2*15-12-6-7-13(14(16)17)11(9-12)8-10-4-2-1-3-5-10;/h2*1-7,9,15H,8H2,(H,16,17);/q;;+2/p-2. The molecule has 0 aromatic heterocycles. The van der Waals surface area contributed by atoms with Gasteiger partial charge < -0.3 is 20.4 Å². The Kier molecular flexibility index (Phi) is 10.2. The molecule has 4 aromatic carbocycles. The number of benzene rings is 4. The molecule has 0 fully saturated rings. The van der Waals surface area contributed by atoms with Crippen molar-refractivity contribution in [3.05, 3.63) is 130 Å². The summed E-state index contributed by atoms with van der Waals surface area (Å²) in [5.74, 6) is -2.34. The van der Waals surface area contributed by atoms with Gasteiger partial charge in [-0.25, -0.2) is 9.59 Å². The molecule has 0 bridgehead atoms. The molecular formula is C28H22O6Zn. The first kappa shape index (κ1) is 27.3. The minimum absolute atomic E-state index is 0. The molecule has 0 spiro atoms. The summed E-state index contributed by atoms with van der Waals surface area (Å²) in [7, 11) is 0. The van der Waals surface area contributed by atoms with Crippen molar-refractivity contribution in [2.24, 2.45) is 0 Å². The minimum atomic E-state index is -1.00. The molecule has 7 heteroatoms. The first-order valence-corrected chi connectivity index (χ1v) is 10.5. The van der Waals surface area contributed by atoms with Crippen LogP contribution in [0.15, 0.2) is 97.1 Å². The van der Waals surface area contributed by atoms with Crippen LogP contribution in [0.5, 0.6) is 11.5 Å². The van der Waals surface area contributed by atoms with E-state index in [1.807, 2.05) is 60.7 Å². The van der Waals surface area contributed by atoms with Gasteiger partial charge >= 0.3 is 31.4 Å². The van der Waals surface area contributed by atoms with E-state index in [0.717, 1.165) is 11.1 Å². The van der Waals surface area contributed by atoms with Crippen LogP contribution in [0, 0.1) is 0 Å². The van der Waals surface area contributed by atoms with Crippen LogP contribution in [0.4, 0.5) is 0 Å². The molecular weight excluding hydrogens is 498 g/mol. The fourth-order valence-electron chi connectivity index (χ4n) is 3.48. The summed E-state index contributed by atoms with van der Waals surface area (Å²) in [6.45, 7) is 0. The van der Waals surface area contributed by atoms with Crippen molar-refractivity contribution in [2.75, 3.05) is 0 Å². The van der Waals surface area contributed by atoms with Gasteiger partial charge in [0.2, 0.25) is 0 Å². The van der Waals surface area contributed by atoms with Crippen molar-refractivity contribution in [3.63, 3.8) is 0 Å². The second kappa shape index (κ2) is 13.1. The molecule has 4 rings (SSSR count). The quantitative estimate of drug-likeness (QED) is 0.370. The first-order chi connectivity index (χ1) is 16.3. The van der Waals surface area contributed by atoms with Crippen LogP contribution in [-0.2, 0) is 32.3 Å². The fourth-order valence-corrected chi connectivity index (χ4v) is 3.48. The van der Waals surface area contributed by atoms with Crippen LogP contribution in [-0.4, -0.2) is 22.2 Å². The minimum Gasteiger partial charge on any atom is -0.872 e. The summed E-state index contributed by atoms with van der Waals surface area (Å²) in [6, 6.07) is 27.0. The molecule has 35 heavy (non-hydrogen) atoms. The number of hydrogen-bond donors (Lipinski definition) is 2. The monoisotopic (exact) mass is 518 g/mol. The number of carboxylic acid groups (broad SMARTS) is 2. The number of aromatic carboxylic acids is 2. The number of carbonyl (C=O) groups is 2. The van der Waals surface area contributed by atoms with Crippen LogP contribution in [0.25, 0.3) is 0 Å². The molecule has 0 unspecified atom stereocenters. The van der Waals surface area contributed by atoms with Gasteiger partial charge in [0.25, 0.3) is 0 Å². The molecule has 172 valence electrons. The molecule has 0 aliphatic rings. The van der Waals surface area contributed by atoms with Crippen molar-refractivity contribution in [2.45, 2.75) is 12.8 Å². The normalized spacial score (nSPS) is 9.83. The van der Waals surface area contributed by atoms with Crippen molar-refractivity contribution in [3.8, 4) is 11.5 Å². The third kappa shape index (κ3) is 8.09. The molecule has 6 nitrogen and oxygen atoms in total. The van der Waals surface area contributed by atoms with Crippen molar-refractivity contribution in [1.82, 2.24) is 0 Å². The number of hydrogen-bond acceptors (Lipinski definition) is 4. The van der Waals surface area contributed by atoms with Gasteiger partial charge in [0.05, 0.1) is 11.1 Å². The Morgan fingerprint density at radius 3 is 1.23 bits per heavy atom. The molecule has 0 radical (unpaired) electrons. The van der Waals surface area contributed by atoms with Gasteiger partial charge in [-0.2, -0.15) is 0 Å². The van der Waals surface area contributed by atoms with Crippen LogP contribution in [0.2, 0.25) is 0 Å². The van der Waals surface area contributed by atoms with Gasteiger partial charge in [0.15, 0.2) is 0 Å². The second-order valence-electron chi connectivity index (χ2n) is 7.57. The molecule has 2 N–H and O–H groups in total. The molecule has 0 saturated carbocycles.